The summed E-state index contributed by atoms with van der Waals surface area (Å²) in [7, 11) is 1.54. The number of nitrogens with one attached hydrogen (secondary N) is 1. The number of hydrogen-bond acceptors (Lipinski definition) is 5. The number of hydrogen-bond donors (Lipinski definition) is 2. The Labute approximate surface area is 104 Å². The molecule has 5 heteroatoms. The summed E-state index contributed by atoms with van der Waals surface area (Å²) in [4.78, 5) is 12.0. The quantitative estimate of drug-likeness (QED) is 0.284. The maximum Gasteiger partial charge on any atom is 0.198 e. The SMILES string of the molecule is COc1ccc(C(=O)C(=CO)C(=N)SC)cc1. The molecule has 0 bridgehead atoms. The lowest BCUT2D eigenvalue weighted by Gasteiger charge is -2.05. The Hall–Kier alpha value is -1.75. The minimum atomic E-state index is -0.380. The van der Waals surface area contributed by atoms with E-state index in [1.165, 1.54) is 0 Å². The van der Waals surface area contributed by atoms with Crippen LogP contribution in [0.5, 0.6) is 5.75 Å². The molecule has 17 heavy (non-hydrogen) atoms. The van der Waals surface area contributed by atoms with Gasteiger partial charge in [0.2, 0.25) is 0 Å². The number of methoxy groups -OCH3 is 1. The summed E-state index contributed by atoms with van der Waals surface area (Å²) in [5.41, 5.74) is 0.396. The van der Waals surface area contributed by atoms with Crippen molar-refractivity contribution >= 4 is 22.6 Å². The number of carbonyl (C=O) groups is 1. The molecule has 0 radical (unpaired) electrons. The Morgan fingerprint density at radius 1 is 1.41 bits per heavy atom. The molecule has 0 aromatic heterocycles. The lowest BCUT2D eigenvalue weighted by Crippen LogP contribution is -2.10. The number of ketones is 1. The normalized spacial score (nSPS) is 11.1. The van der Waals surface area contributed by atoms with Gasteiger partial charge in [-0.1, -0.05) is 0 Å². The van der Waals surface area contributed by atoms with E-state index >= 15 is 0 Å². The number of ether oxygens (including phenoxy) is 1. The molecule has 0 amide bonds. The van der Waals surface area contributed by atoms with E-state index in [0.29, 0.717) is 17.6 Å². The van der Waals surface area contributed by atoms with Gasteiger partial charge in [-0.2, -0.15) is 0 Å². The zero-order valence-corrected chi connectivity index (χ0v) is 10.4. The molecule has 1 aromatic rings. The topological polar surface area (TPSA) is 70.4 Å². The second kappa shape index (κ2) is 6.10. The first kappa shape index (κ1) is 13.3. The second-order valence-corrected chi connectivity index (χ2v) is 3.95. The summed E-state index contributed by atoms with van der Waals surface area (Å²) in [5, 5.41) is 16.6. The smallest absolute Gasteiger partial charge is 0.198 e. The van der Waals surface area contributed by atoms with Gasteiger partial charge in [0.25, 0.3) is 0 Å². The van der Waals surface area contributed by atoms with Crippen LogP contribution in [-0.4, -0.2) is 29.3 Å². The molecule has 2 N–H and O–H groups in total. The highest BCUT2D eigenvalue weighted by Gasteiger charge is 2.16. The molecule has 0 saturated carbocycles. The maximum atomic E-state index is 12.0. The lowest BCUT2D eigenvalue weighted by molar-refractivity contribution is 0.103. The van der Waals surface area contributed by atoms with Crippen LogP contribution in [0.4, 0.5) is 0 Å². The number of thioether (sulfide) groups is 1. The summed E-state index contributed by atoms with van der Waals surface area (Å²) in [6, 6.07) is 6.51. The van der Waals surface area contributed by atoms with Crippen molar-refractivity contribution in [2.45, 2.75) is 0 Å². The second-order valence-electron chi connectivity index (χ2n) is 3.13. The number of benzene rings is 1. The zero-order valence-electron chi connectivity index (χ0n) is 9.56. The predicted octanol–water partition coefficient (Wildman–Crippen LogP) is 2.66. The van der Waals surface area contributed by atoms with Crippen LogP contribution in [0.15, 0.2) is 36.1 Å². The number of aliphatic hydroxyl groups is 1. The van der Waals surface area contributed by atoms with E-state index in [1.807, 2.05) is 0 Å². The fourth-order valence-electron chi connectivity index (χ4n) is 1.23. The number of Topliss-reactive ketones (excluding diaryl/α,β-unsaturated/α-hetero) is 1. The van der Waals surface area contributed by atoms with E-state index in [4.69, 9.17) is 15.3 Å². The van der Waals surface area contributed by atoms with Crippen molar-refractivity contribution < 1.29 is 14.6 Å². The van der Waals surface area contributed by atoms with Crippen LogP contribution < -0.4 is 4.74 Å². The van der Waals surface area contributed by atoms with Crippen molar-refractivity contribution in [1.82, 2.24) is 0 Å². The van der Waals surface area contributed by atoms with E-state index in [2.05, 4.69) is 0 Å². The van der Waals surface area contributed by atoms with Gasteiger partial charge < -0.3 is 9.84 Å². The molecule has 0 fully saturated rings. The Kier molecular flexibility index (Phi) is 4.78. The molecule has 0 spiro atoms. The summed E-state index contributed by atoms with van der Waals surface area (Å²) < 4.78 is 4.98. The highest BCUT2D eigenvalue weighted by molar-refractivity contribution is 8.13. The summed E-state index contributed by atoms with van der Waals surface area (Å²) >= 11 is 1.10. The van der Waals surface area contributed by atoms with Gasteiger partial charge in [0.15, 0.2) is 5.78 Å². The van der Waals surface area contributed by atoms with E-state index < -0.39 is 0 Å². The van der Waals surface area contributed by atoms with Gasteiger partial charge in [-0.3, -0.25) is 10.2 Å². The highest BCUT2D eigenvalue weighted by Crippen LogP contribution is 2.17. The molecule has 0 aliphatic rings. The van der Waals surface area contributed by atoms with Crippen molar-refractivity contribution in [1.29, 1.82) is 5.41 Å². The van der Waals surface area contributed by atoms with Gasteiger partial charge in [0, 0.05) is 5.56 Å². The van der Waals surface area contributed by atoms with Crippen molar-refractivity contribution in [3.05, 3.63) is 41.7 Å². The standard InChI is InChI=1S/C12H13NO3S/c1-16-9-5-3-8(4-6-9)11(15)10(7-14)12(13)17-2/h3-7,13-14H,1-2H3. The largest absolute Gasteiger partial charge is 0.515 e. The predicted molar refractivity (Wildman–Crippen MR) is 69.3 cm³/mol. The van der Waals surface area contributed by atoms with E-state index in [-0.39, 0.29) is 16.4 Å². The summed E-state index contributed by atoms with van der Waals surface area (Å²) in [5.74, 6) is 0.269. The fraction of sp³-hybridized carbons (Fsp3) is 0.167. The molecular weight excluding hydrogens is 238 g/mol. The first-order valence-electron chi connectivity index (χ1n) is 4.80. The minimum absolute atomic E-state index is 0.0114. The van der Waals surface area contributed by atoms with Gasteiger partial charge in [-0.15, -0.1) is 11.8 Å². The summed E-state index contributed by atoms with van der Waals surface area (Å²) in [6.07, 6.45) is 2.35. The van der Waals surface area contributed by atoms with Crippen molar-refractivity contribution in [2.24, 2.45) is 0 Å². The molecule has 0 atom stereocenters. The van der Waals surface area contributed by atoms with Crippen LogP contribution in [0.25, 0.3) is 0 Å². The van der Waals surface area contributed by atoms with Gasteiger partial charge in [-0.25, -0.2) is 0 Å². The first-order valence-corrected chi connectivity index (χ1v) is 6.02. The average molecular weight is 251 g/mol. The minimum Gasteiger partial charge on any atom is -0.515 e. The molecule has 0 aliphatic carbocycles. The van der Waals surface area contributed by atoms with E-state index in [0.717, 1.165) is 11.8 Å². The number of carbonyl (C=O) groups excluding carboxylic acids is 1. The third-order valence-corrected chi connectivity index (χ3v) is 2.80. The van der Waals surface area contributed by atoms with Crippen LogP contribution in [-0.2, 0) is 0 Å². The molecule has 90 valence electrons. The van der Waals surface area contributed by atoms with E-state index in [9.17, 15) is 4.79 Å². The lowest BCUT2D eigenvalue weighted by atomic mass is 10.1. The Morgan fingerprint density at radius 3 is 2.41 bits per heavy atom. The Bertz CT molecular complexity index is 451. The molecule has 4 nitrogen and oxygen atoms in total. The number of aliphatic hydroxyl groups excluding tert-OH is 1. The Balaban J connectivity index is 2.99. The van der Waals surface area contributed by atoms with Crippen LogP contribution in [0, 0.1) is 5.41 Å². The van der Waals surface area contributed by atoms with Gasteiger partial charge in [-0.05, 0) is 30.5 Å². The Morgan fingerprint density at radius 2 is 2.00 bits per heavy atom. The van der Waals surface area contributed by atoms with Gasteiger partial charge in [0.05, 0.1) is 18.9 Å². The molecule has 0 heterocycles. The maximum absolute atomic E-state index is 12.0. The molecule has 0 saturated heterocycles. The van der Waals surface area contributed by atoms with Crippen LogP contribution in [0.3, 0.4) is 0 Å². The van der Waals surface area contributed by atoms with Crippen LogP contribution >= 0.6 is 11.8 Å². The summed E-state index contributed by atoms with van der Waals surface area (Å²) in [6.45, 7) is 0. The molecule has 1 aromatic carbocycles. The zero-order chi connectivity index (χ0) is 12.8. The molecule has 1 rings (SSSR count). The van der Waals surface area contributed by atoms with Crippen molar-refractivity contribution in [3.63, 3.8) is 0 Å². The third kappa shape index (κ3) is 3.10. The van der Waals surface area contributed by atoms with Crippen molar-refractivity contribution in [2.75, 3.05) is 13.4 Å². The highest BCUT2D eigenvalue weighted by atomic mass is 32.2. The van der Waals surface area contributed by atoms with Gasteiger partial charge >= 0.3 is 0 Å². The van der Waals surface area contributed by atoms with Crippen molar-refractivity contribution in [3.8, 4) is 5.75 Å². The van der Waals surface area contributed by atoms with Crippen LogP contribution in [0.2, 0.25) is 0 Å². The van der Waals surface area contributed by atoms with E-state index in [1.54, 1.807) is 37.6 Å². The number of rotatable bonds is 4. The van der Waals surface area contributed by atoms with Gasteiger partial charge in [0.1, 0.15) is 10.8 Å². The average Bonchev–Trinajstić information content (AvgIpc) is 2.39. The monoisotopic (exact) mass is 251 g/mol. The molecule has 0 aliphatic heterocycles. The molecular formula is C12H13NO3S. The molecule has 0 unspecified atom stereocenters. The van der Waals surface area contributed by atoms with Crippen LogP contribution in [0.1, 0.15) is 10.4 Å². The third-order valence-electron chi connectivity index (χ3n) is 2.17. The fourth-order valence-corrected chi connectivity index (χ4v) is 1.59. The first-order chi connectivity index (χ1) is 8.13.